The second kappa shape index (κ2) is 4.61. The van der Waals surface area contributed by atoms with Crippen molar-refractivity contribution in [2.45, 2.75) is 0 Å². The zero-order valence-corrected chi connectivity index (χ0v) is 9.36. The summed E-state index contributed by atoms with van der Waals surface area (Å²) in [5.41, 5.74) is 0. The third-order valence-electron chi connectivity index (χ3n) is 1.33. The van der Waals surface area contributed by atoms with Gasteiger partial charge in [0.05, 0.1) is 12.1 Å². The van der Waals surface area contributed by atoms with Crippen LogP contribution in [0.15, 0.2) is 16.6 Å². The van der Waals surface area contributed by atoms with Crippen molar-refractivity contribution in [1.29, 1.82) is 0 Å². The Hall–Kier alpha value is -0.810. The first kappa shape index (κ1) is 11.3. The van der Waals surface area contributed by atoms with E-state index in [0.717, 1.165) is 13.2 Å². The Balaban J connectivity index is 2.98. The Kier molecular flexibility index (Phi) is 3.71. The summed E-state index contributed by atoms with van der Waals surface area (Å²) in [5, 5.41) is 0.194. The highest BCUT2D eigenvalue weighted by Crippen LogP contribution is 2.29. The van der Waals surface area contributed by atoms with Crippen LogP contribution in [0.1, 0.15) is 0 Å². The molecule has 0 spiro atoms. The van der Waals surface area contributed by atoms with Gasteiger partial charge in [-0.3, -0.25) is 0 Å². The van der Waals surface area contributed by atoms with Crippen molar-refractivity contribution in [2.75, 3.05) is 7.11 Å². The molecule has 6 heteroatoms. The minimum atomic E-state index is -0.988. The maximum absolute atomic E-state index is 13.1. The Morgan fingerprint density at radius 2 is 2.21 bits per heavy atom. The molecule has 1 rings (SSSR count). The first-order valence-corrected chi connectivity index (χ1v) is 4.62. The topological polar surface area (TPSA) is 35.5 Å². The zero-order valence-electron chi connectivity index (χ0n) is 7.01. The Bertz CT molecular complexity index is 370. The van der Waals surface area contributed by atoms with E-state index in [2.05, 4.69) is 25.4 Å². The van der Waals surface area contributed by atoms with E-state index in [1.54, 1.807) is 0 Å². The fourth-order valence-electron chi connectivity index (χ4n) is 0.714. The van der Waals surface area contributed by atoms with E-state index in [1.165, 1.54) is 6.07 Å². The van der Waals surface area contributed by atoms with Gasteiger partial charge in [-0.25, -0.2) is 9.18 Å². The summed E-state index contributed by atoms with van der Waals surface area (Å²) >= 11 is 8.66. The van der Waals surface area contributed by atoms with Crippen LogP contribution < -0.4 is 4.74 Å². The highest BCUT2D eigenvalue weighted by atomic mass is 79.9. The second-order valence-corrected chi connectivity index (χ2v) is 3.51. The number of rotatable bonds is 1. The summed E-state index contributed by atoms with van der Waals surface area (Å²) in [5.74, 6) is -0.975. The van der Waals surface area contributed by atoms with Gasteiger partial charge in [-0.15, -0.1) is 0 Å². The number of ether oxygens (including phenoxy) is 2. The van der Waals surface area contributed by atoms with Crippen LogP contribution in [0, 0.1) is 5.82 Å². The summed E-state index contributed by atoms with van der Waals surface area (Å²) in [6.45, 7) is 0. The predicted octanol–water partition coefficient (Wildman–Crippen LogP) is 3.39. The SMILES string of the molecule is COC(=O)Oc1cc(Br)c(Cl)cc1F. The standard InChI is InChI=1S/C8H5BrClFO3/c1-13-8(12)14-7-2-4(9)5(10)3-6(7)11/h2-3H,1H3. The first-order chi connectivity index (χ1) is 6.54. The summed E-state index contributed by atoms with van der Waals surface area (Å²) in [7, 11) is 1.13. The molecule has 0 saturated heterocycles. The lowest BCUT2D eigenvalue weighted by Crippen LogP contribution is -2.08. The highest BCUT2D eigenvalue weighted by molar-refractivity contribution is 9.10. The van der Waals surface area contributed by atoms with E-state index in [1.807, 2.05) is 0 Å². The number of carbonyl (C=O) groups is 1. The minimum absolute atomic E-state index is 0.194. The summed E-state index contributed by atoms with van der Waals surface area (Å²) < 4.78 is 22.2. The summed E-state index contributed by atoms with van der Waals surface area (Å²) in [6.07, 6.45) is -0.988. The molecule has 0 aliphatic carbocycles. The van der Waals surface area contributed by atoms with Crippen molar-refractivity contribution in [1.82, 2.24) is 0 Å². The molecular formula is C8H5BrClFO3. The Labute approximate surface area is 92.9 Å². The molecule has 3 nitrogen and oxygen atoms in total. The molecule has 0 heterocycles. The van der Waals surface area contributed by atoms with E-state index < -0.39 is 12.0 Å². The van der Waals surface area contributed by atoms with Gasteiger partial charge in [0.15, 0.2) is 11.6 Å². The lowest BCUT2D eigenvalue weighted by molar-refractivity contribution is 0.119. The van der Waals surface area contributed by atoms with Gasteiger partial charge in [0, 0.05) is 4.47 Å². The molecule has 0 aliphatic rings. The minimum Gasteiger partial charge on any atom is -0.437 e. The molecule has 0 unspecified atom stereocenters. The number of carbonyl (C=O) groups excluding carboxylic acids is 1. The van der Waals surface area contributed by atoms with Crippen molar-refractivity contribution in [3.63, 3.8) is 0 Å². The molecular weight excluding hydrogens is 278 g/mol. The van der Waals surface area contributed by atoms with Gasteiger partial charge in [0.2, 0.25) is 0 Å². The molecule has 0 aromatic heterocycles. The Morgan fingerprint density at radius 1 is 1.57 bits per heavy atom. The molecule has 0 atom stereocenters. The molecule has 0 saturated carbocycles. The lowest BCUT2D eigenvalue weighted by atomic mass is 10.3. The van der Waals surface area contributed by atoms with Crippen LogP contribution in [0.3, 0.4) is 0 Å². The van der Waals surface area contributed by atoms with Crippen LogP contribution in [0.25, 0.3) is 0 Å². The summed E-state index contributed by atoms with van der Waals surface area (Å²) in [4.78, 5) is 10.7. The molecule has 0 aliphatic heterocycles. The monoisotopic (exact) mass is 282 g/mol. The largest absolute Gasteiger partial charge is 0.513 e. The lowest BCUT2D eigenvalue weighted by Gasteiger charge is -2.04. The molecule has 0 radical (unpaired) electrons. The van der Waals surface area contributed by atoms with Crippen LogP contribution in [-0.2, 0) is 4.74 Å². The number of halogens is 3. The molecule has 0 amide bonds. The second-order valence-electron chi connectivity index (χ2n) is 2.25. The first-order valence-electron chi connectivity index (χ1n) is 3.45. The van der Waals surface area contributed by atoms with E-state index >= 15 is 0 Å². The van der Waals surface area contributed by atoms with E-state index in [9.17, 15) is 9.18 Å². The third-order valence-corrected chi connectivity index (χ3v) is 2.53. The number of hydrogen-bond donors (Lipinski definition) is 0. The molecule has 0 bridgehead atoms. The normalized spacial score (nSPS) is 9.71. The van der Waals surface area contributed by atoms with E-state index in [-0.39, 0.29) is 10.8 Å². The van der Waals surface area contributed by atoms with E-state index in [4.69, 9.17) is 11.6 Å². The fraction of sp³-hybridized carbons (Fsp3) is 0.125. The van der Waals surface area contributed by atoms with Crippen molar-refractivity contribution in [2.24, 2.45) is 0 Å². The summed E-state index contributed by atoms with van der Waals surface area (Å²) in [6, 6.07) is 2.28. The predicted molar refractivity (Wildman–Crippen MR) is 52.1 cm³/mol. The third kappa shape index (κ3) is 2.59. The number of methoxy groups -OCH3 is 1. The van der Waals surface area contributed by atoms with Crippen LogP contribution in [0.2, 0.25) is 5.02 Å². The van der Waals surface area contributed by atoms with Crippen LogP contribution in [-0.4, -0.2) is 13.3 Å². The van der Waals surface area contributed by atoms with Crippen molar-refractivity contribution in [3.8, 4) is 5.75 Å². The molecule has 1 aromatic carbocycles. The van der Waals surface area contributed by atoms with Crippen molar-refractivity contribution in [3.05, 3.63) is 27.4 Å². The van der Waals surface area contributed by atoms with Gasteiger partial charge in [0.25, 0.3) is 0 Å². The average Bonchev–Trinajstić information content (AvgIpc) is 2.14. The van der Waals surface area contributed by atoms with Gasteiger partial charge < -0.3 is 9.47 Å². The fourth-order valence-corrected chi connectivity index (χ4v) is 1.19. The molecule has 76 valence electrons. The number of hydrogen-bond acceptors (Lipinski definition) is 3. The van der Waals surface area contributed by atoms with Gasteiger partial charge in [-0.05, 0) is 28.1 Å². The average molecular weight is 283 g/mol. The quantitative estimate of drug-likeness (QED) is 0.450. The Morgan fingerprint density at radius 3 is 2.79 bits per heavy atom. The highest BCUT2D eigenvalue weighted by Gasteiger charge is 2.12. The van der Waals surface area contributed by atoms with Crippen molar-refractivity contribution < 1.29 is 18.7 Å². The van der Waals surface area contributed by atoms with Gasteiger partial charge in [-0.1, -0.05) is 11.6 Å². The zero-order chi connectivity index (χ0) is 10.7. The maximum atomic E-state index is 13.1. The smallest absolute Gasteiger partial charge is 0.437 e. The molecule has 0 N–H and O–H groups in total. The van der Waals surface area contributed by atoms with E-state index in [0.29, 0.717) is 4.47 Å². The molecule has 1 aromatic rings. The molecule has 0 fully saturated rings. The number of benzene rings is 1. The van der Waals surface area contributed by atoms with Gasteiger partial charge in [-0.2, -0.15) is 0 Å². The van der Waals surface area contributed by atoms with Crippen LogP contribution >= 0.6 is 27.5 Å². The van der Waals surface area contributed by atoms with Crippen LogP contribution in [0.4, 0.5) is 9.18 Å². The van der Waals surface area contributed by atoms with Gasteiger partial charge >= 0.3 is 6.16 Å². The van der Waals surface area contributed by atoms with Crippen molar-refractivity contribution >= 4 is 33.7 Å². The maximum Gasteiger partial charge on any atom is 0.513 e. The molecule has 14 heavy (non-hydrogen) atoms. The van der Waals surface area contributed by atoms with Gasteiger partial charge in [0.1, 0.15) is 0 Å². The van der Waals surface area contributed by atoms with Crippen LogP contribution in [0.5, 0.6) is 5.75 Å².